The molecule has 7 heteroatoms. The number of ether oxygens (including phenoxy) is 2. The van der Waals surface area contributed by atoms with Crippen LogP contribution in [0.3, 0.4) is 0 Å². The monoisotopic (exact) mass is 459 g/mol. The zero-order chi connectivity index (χ0) is 24.3. The highest BCUT2D eigenvalue weighted by molar-refractivity contribution is 6.04. The molecule has 176 valence electrons. The number of hydrazone groups is 1. The Bertz CT molecular complexity index is 1160. The summed E-state index contributed by atoms with van der Waals surface area (Å²) in [4.78, 5) is 24.2. The molecule has 0 saturated carbocycles. The molecule has 0 heterocycles. The Morgan fingerprint density at radius 2 is 1.74 bits per heavy atom. The summed E-state index contributed by atoms with van der Waals surface area (Å²) in [6, 6.07) is 21.0. The van der Waals surface area contributed by atoms with Gasteiger partial charge in [-0.15, -0.1) is 0 Å². The van der Waals surface area contributed by atoms with Gasteiger partial charge in [0, 0.05) is 5.69 Å². The van der Waals surface area contributed by atoms with Crippen LogP contribution in [-0.4, -0.2) is 25.1 Å². The predicted molar refractivity (Wildman–Crippen MR) is 133 cm³/mol. The number of rotatable bonds is 10. The van der Waals surface area contributed by atoms with Gasteiger partial charge in [-0.25, -0.2) is 5.43 Å². The normalized spacial score (nSPS) is 10.7. The van der Waals surface area contributed by atoms with Gasteiger partial charge in [0.2, 0.25) is 11.8 Å². The number of amides is 2. The topological polar surface area (TPSA) is 89.0 Å². The van der Waals surface area contributed by atoms with E-state index in [0.717, 1.165) is 17.5 Å². The van der Waals surface area contributed by atoms with Crippen LogP contribution in [0.15, 0.2) is 71.8 Å². The van der Waals surface area contributed by atoms with Crippen LogP contribution in [0.25, 0.3) is 0 Å². The fourth-order valence-electron chi connectivity index (χ4n) is 3.24. The molecular formula is C27H29N3O4. The number of benzene rings is 3. The minimum atomic E-state index is -0.507. The molecule has 0 spiro atoms. The Hall–Kier alpha value is -4.13. The number of carbonyl (C=O) groups excluding carboxylic acids is 2. The van der Waals surface area contributed by atoms with E-state index in [4.69, 9.17) is 9.47 Å². The molecule has 0 aliphatic heterocycles. The molecule has 0 saturated heterocycles. The van der Waals surface area contributed by atoms with E-state index < -0.39 is 11.8 Å². The van der Waals surface area contributed by atoms with Gasteiger partial charge < -0.3 is 14.8 Å². The van der Waals surface area contributed by atoms with E-state index in [1.807, 2.05) is 62.4 Å². The predicted octanol–water partition coefficient (Wildman–Crippen LogP) is 4.62. The number of hydrogen-bond acceptors (Lipinski definition) is 5. The zero-order valence-electron chi connectivity index (χ0n) is 19.6. The second-order valence-electron chi connectivity index (χ2n) is 7.71. The van der Waals surface area contributed by atoms with Gasteiger partial charge in [0.25, 0.3) is 0 Å². The van der Waals surface area contributed by atoms with E-state index in [9.17, 15) is 9.59 Å². The Kier molecular flexibility index (Phi) is 8.80. The summed E-state index contributed by atoms with van der Waals surface area (Å²) in [5, 5.41) is 6.71. The third-order valence-electron chi connectivity index (χ3n) is 5.10. The Labute approximate surface area is 199 Å². The lowest BCUT2D eigenvalue weighted by Gasteiger charge is -2.11. The molecule has 0 aliphatic rings. The van der Waals surface area contributed by atoms with Crippen molar-refractivity contribution in [2.45, 2.75) is 33.3 Å². The maximum Gasteiger partial charge on any atom is 0.249 e. The minimum Gasteiger partial charge on any atom is -0.493 e. The van der Waals surface area contributed by atoms with Crippen molar-refractivity contribution in [2.75, 3.05) is 12.4 Å². The molecular weight excluding hydrogens is 430 g/mol. The average molecular weight is 460 g/mol. The van der Waals surface area contributed by atoms with Crippen LogP contribution in [0.5, 0.6) is 11.5 Å². The SMILES string of the molecule is CCc1ccccc1NC(=O)CC(=O)NN=Cc1ccc(OCc2ccc(C)cc2)c(OC)c1. The van der Waals surface area contributed by atoms with E-state index in [1.54, 1.807) is 25.3 Å². The lowest BCUT2D eigenvalue weighted by molar-refractivity contribution is -0.126. The second-order valence-corrected chi connectivity index (χ2v) is 7.71. The molecule has 0 atom stereocenters. The van der Waals surface area contributed by atoms with E-state index in [2.05, 4.69) is 15.8 Å². The average Bonchev–Trinajstić information content (AvgIpc) is 2.84. The molecule has 0 unspecified atom stereocenters. The molecule has 0 aromatic heterocycles. The van der Waals surface area contributed by atoms with Crippen LogP contribution in [0.2, 0.25) is 0 Å². The standard InChI is InChI=1S/C27H29N3O4/c1-4-22-7-5-6-8-23(22)29-26(31)16-27(32)30-28-17-21-13-14-24(25(15-21)33-3)34-18-20-11-9-19(2)10-12-20/h5-15,17H,4,16,18H2,1-3H3,(H,29,31)(H,30,32). The molecule has 0 bridgehead atoms. The van der Waals surface area contributed by atoms with Crippen molar-refractivity contribution in [3.8, 4) is 11.5 Å². The quantitative estimate of drug-likeness (QED) is 0.263. The molecule has 3 rings (SSSR count). The number of para-hydroxylation sites is 1. The fourth-order valence-corrected chi connectivity index (χ4v) is 3.24. The summed E-state index contributed by atoms with van der Waals surface area (Å²) in [7, 11) is 1.56. The van der Waals surface area contributed by atoms with E-state index in [-0.39, 0.29) is 6.42 Å². The molecule has 7 nitrogen and oxygen atoms in total. The van der Waals surface area contributed by atoms with Crippen molar-refractivity contribution >= 4 is 23.7 Å². The summed E-state index contributed by atoms with van der Waals surface area (Å²) in [5.41, 5.74) is 7.06. The summed E-state index contributed by atoms with van der Waals surface area (Å²) in [6.07, 6.45) is 1.94. The number of nitrogens with zero attached hydrogens (tertiary/aromatic N) is 1. The van der Waals surface area contributed by atoms with Gasteiger partial charge >= 0.3 is 0 Å². The second kappa shape index (κ2) is 12.2. The first kappa shape index (κ1) is 24.5. The maximum atomic E-state index is 12.2. The highest BCUT2D eigenvalue weighted by Crippen LogP contribution is 2.28. The summed E-state index contributed by atoms with van der Waals surface area (Å²) in [5.74, 6) is 0.253. The summed E-state index contributed by atoms with van der Waals surface area (Å²) < 4.78 is 11.3. The Morgan fingerprint density at radius 1 is 0.971 bits per heavy atom. The number of aryl methyl sites for hydroxylation is 2. The van der Waals surface area contributed by atoms with Crippen molar-refractivity contribution in [1.29, 1.82) is 0 Å². The smallest absolute Gasteiger partial charge is 0.249 e. The van der Waals surface area contributed by atoms with Gasteiger partial charge in [0.05, 0.1) is 13.3 Å². The largest absolute Gasteiger partial charge is 0.493 e. The molecule has 2 N–H and O–H groups in total. The van der Waals surface area contributed by atoms with Gasteiger partial charge in [-0.3, -0.25) is 9.59 Å². The first-order valence-electron chi connectivity index (χ1n) is 11.0. The van der Waals surface area contributed by atoms with E-state index >= 15 is 0 Å². The summed E-state index contributed by atoms with van der Waals surface area (Å²) in [6.45, 7) is 4.47. The Balaban J connectivity index is 1.51. The number of methoxy groups -OCH3 is 1. The van der Waals surface area contributed by atoms with Gasteiger partial charge in [-0.1, -0.05) is 55.0 Å². The van der Waals surface area contributed by atoms with E-state index in [0.29, 0.717) is 29.4 Å². The van der Waals surface area contributed by atoms with Crippen LogP contribution in [0.1, 0.15) is 35.6 Å². The van der Waals surface area contributed by atoms with Crippen molar-refractivity contribution in [1.82, 2.24) is 5.43 Å². The molecule has 3 aromatic rings. The third-order valence-corrected chi connectivity index (χ3v) is 5.10. The first-order chi connectivity index (χ1) is 16.5. The maximum absolute atomic E-state index is 12.2. The van der Waals surface area contributed by atoms with E-state index in [1.165, 1.54) is 11.8 Å². The van der Waals surface area contributed by atoms with Crippen molar-refractivity contribution in [3.05, 3.63) is 89.0 Å². The van der Waals surface area contributed by atoms with Gasteiger partial charge in [-0.05, 0) is 54.3 Å². The van der Waals surface area contributed by atoms with Crippen molar-refractivity contribution < 1.29 is 19.1 Å². The van der Waals surface area contributed by atoms with Crippen LogP contribution in [0, 0.1) is 6.92 Å². The molecule has 0 radical (unpaired) electrons. The van der Waals surface area contributed by atoms with Crippen LogP contribution >= 0.6 is 0 Å². The van der Waals surface area contributed by atoms with Gasteiger partial charge in [0.15, 0.2) is 11.5 Å². The van der Waals surface area contributed by atoms with Crippen LogP contribution in [-0.2, 0) is 22.6 Å². The molecule has 34 heavy (non-hydrogen) atoms. The number of nitrogens with one attached hydrogen (secondary N) is 2. The van der Waals surface area contributed by atoms with Gasteiger partial charge in [0.1, 0.15) is 13.0 Å². The minimum absolute atomic E-state index is 0.329. The van der Waals surface area contributed by atoms with Crippen LogP contribution < -0.4 is 20.2 Å². The molecule has 3 aromatic carbocycles. The van der Waals surface area contributed by atoms with Crippen LogP contribution in [0.4, 0.5) is 5.69 Å². The number of carbonyl (C=O) groups is 2. The van der Waals surface area contributed by atoms with Crippen molar-refractivity contribution in [3.63, 3.8) is 0 Å². The van der Waals surface area contributed by atoms with Gasteiger partial charge in [-0.2, -0.15) is 5.10 Å². The fraction of sp³-hybridized carbons (Fsp3) is 0.222. The lowest BCUT2D eigenvalue weighted by Crippen LogP contribution is -2.25. The molecule has 0 aliphatic carbocycles. The zero-order valence-corrected chi connectivity index (χ0v) is 19.6. The number of anilines is 1. The Morgan fingerprint density at radius 3 is 2.47 bits per heavy atom. The highest BCUT2D eigenvalue weighted by Gasteiger charge is 2.11. The molecule has 2 amide bonds. The first-order valence-corrected chi connectivity index (χ1v) is 11.0. The molecule has 0 fully saturated rings. The summed E-state index contributed by atoms with van der Waals surface area (Å²) >= 11 is 0. The van der Waals surface area contributed by atoms with Crippen molar-refractivity contribution in [2.24, 2.45) is 5.10 Å². The third kappa shape index (κ3) is 7.20. The number of hydrogen-bond donors (Lipinski definition) is 2. The lowest BCUT2D eigenvalue weighted by atomic mass is 10.1. The highest BCUT2D eigenvalue weighted by atomic mass is 16.5.